The number of benzene rings is 1. The molecule has 0 radical (unpaired) electrons. The molecule has 0 heterocycles. The lowest BCUT2D eigenvalue weighted by atomic mass is 10.2. The van der Waals surface area contributed by atoms with E-state index < -0.39 is 16.1 Å². The smallest absolute Gasteiger partial charge is 0.404 e. The molecule has 1 aromatic rings. The summed E-state index contributed by atoms with van der Waals surface area (Å²) in [4.78, 5) is 10.5. The fourth-order valence-electron chi connectivity index (χ4n) is 1.17. The Morgan fingerprint density at radius 2 is 1.82 bits per heavy atom. The van der Waals surface area contributed by atoms with Crippen molar-refractivity contribution in [1.29, 1.82) is 0 Å². The first-order valence-electron chi connectivity index (χ1n) is 4.82. The number of rotatable bonds is 4. The molecular weight excluding hydrogens is 244 g/mol. The SMILES string of the molecule is CN(C)S(=O)(=O)c1ccc(CNC(=O)O)cc1. The van der Waals surface area contributed by atoms with Crippen LogP contribution in [-0.2, 0) is 16.6 Å². The van der Waals surface area contributed by atoms with E-state index in [1.54, 1.807) is 12.1 Å². The zero-order chi connectivity index (χ0) is 13.1. The molecule has 0 saturated heterocycles. The molecule has 0 aliphatic heterocycles. The lowest BCUT2D eigenvalue weighted by Gasteiger charge is -2.11. The third kappa shape index (κ3) is 3.43. The second kappa shape index (κ2) is 5.15. The fourth-order valence-corrected chi connectivity index (χ4v) is 2.07. The van der Waals surface area contributed by atoms with Crippen molar-refractivity contribution < 1.29 is 18.3 Å². The first-order chi connectivity index (χ1) is 7.84. The van der Waals surface area contributed by atoms with Crippen LogP contribution in [0.3, 0.4) is 0 Å². The van der Waals surface area contributed by atoms with Crippen molar-refractivity contribution in [2.75, 3.05) is 14.1 Å². The van der Waals surface area contributed by atoms with Gasteiger partial charge in [0.05, 0.1) is 4.90 Å². The standard InChI is InChI=1S/C10H14N2O4S/c1-12(2)17(15,16)9-5-3-8(4-6-9)7-11-10(13)14/h3-6,11H,7H2,1-2H3,(H,13,14). The largest absolute Gasteiger partial charge is 0.465 e. The van der Waals surface area contributed by atoms with Crippen molar-refractivity contribution >= 4 is 16.1 Å². The van der Waals surface area contributed by atoms with E-state index in [1.807, 2.05) is 0 Å². The lowest BCUT2D eigenvalue weighted by Crippen LogP contribution is -2.22. The minimum Gasteiger partial charge on any atom is -0.465 e. The van der Waals surface area contributed by atoms with Gasteiger partial charge in [0.15, 0.2) is 0 Å². The number of hydrogen-bond donors (Lipinski definition) is 2. The zero-order valence-corrected chi connectivity index (χ0v) is 10.4. The van der Waals surface area contributed by atoms with Crippen LogP contribution in [0.15, 0.2) is 29.2 Å². The Bertz CT molecular complexity index is 494. The first kappa shape index (κ1) is 13.5. The summed E-state index contributed by atoms with van der Waals surface area (Å²) in [6.07, 6.45) is -1.12. The predicted octanol–water partition coefficient (Wildman–Crippen LogP) is 0.705. The molecule has 1 amide bonds. The minimum absolute atomic E-state index is 0.150. The monoisotopic (exact) mass is 258 g/mol. The Morgan fingerprint density at radius 3 is 2.24 bits per heavy atom. The van der Waals surface area contributed by atoms with E-state index in [-0.39, 0.29) is 11.4 Å². The van der Waals surface area contributed by atoms with Crippen molar-refractivity contribution in [3.8, 4) is 0 Å². The molecule has 1 aromatic carbocycles. The highest BCUT2D eigenvalue weighted by Crippen LogP contribution is 2.13. The molecule has 0 aliphatic rings. The molecule has 0 aromatic heterocycles. The summed E-state index contributed by atoms with van der Waals surface area (Å²) in [6, 6.07) is 6.06. The third-order valence-electron chi connectivity index (χ3n) is 2.15. The van der Waals surface area contributed by atoms with E-state index >= 15 is 0 Å². The van der Waals surface area contributed by atoms with Crippen LogP contribution in [0.1, 0.15) is 5.56 Å². The van der Waals surface area contributed by atoms with Crippen LogP contribution < -0.4 is 5.32 Å². The fraction of sp³-hybridized carbons (Fsp3) is 0.300. The molecule has 17 heavy (non-hydrogen) atoms. The van der Waals surface area contributed by atoms with E-state index in [2.05, 4.69) is 5.32 Å². The molecule has 94 valence electrons. The van der Waals surface area contributed by atoms with Gasteiger partial charge in [0.2, 0.25) is 10.0 Å². The Hall–Kier alpha value is -1.60. The van der Waals surface area contributed by atoms with E-state index in [0.29, 0.717) is 5.56 Å². The van der Waals surface area contributed by atoms with E-state index in [4.69, 9.17) is 5.11 Å². The molecule has 0 fully saturated rings. The van der Waals surface area contributed by atoms with Crippen LogP contribution in [0.25, 0.3) is 0 Å². The molecule has 6 nitrogen and oxygen atoms in total. The summed E-state index contributed by atoms with van der Waals surface area (Å²) in [7, 11) is -0.521. The third-order valence-corrected chi connectivity index (χ3v) is 3.97. The average Bonchev–Trinajstić information content (AvgIpc) is 2.26. The van der Waals surface area contributed by atoms with Crippen molar-refractivity contribution in [3.63, 3.8) is 0 Å². The van der Waals surface area contributed by atoms with Gasteiger partial charge in [0.1, 0.15) is 0 Å². The Morgan fingerprint density at radius 1 is 1.29 bits per heavy atom. The summed E-state index contributed by atoms with van der Waals surface area (Å²) in [5.41, 5.74) is 0.699. The molecular formula is C10H14N2O4S. The van der Waals surface area contributed by atoms with Crippen LogP contribution >= 0.6 is 0 Å². The van der Waals surface area contributed by atoms with Crippen molar-refractivity contribution in [2.45, 2.75) is 11.4 Å². The van der Waals surface area contributed by atoms with Gasteiger partial charge in [-0.3, -0.25) is 0 Å². The maximum Gasteiger partial charge on any atom is 0.404 e. The van der Waals surface area contributed by atoms with Gasteiger partial charge in [-0.15, -0.1) is 0 Å². The van der Waals surface area contributed by atoms with Crippen molar-refractivity contribution in [2.24, 2.45) is 0 Å². The topological polar surface area (TPSA) is 86.7 Å². The predicted molar refractivity (Wildman–Crippen MR) is 62.2 cm³/mol. The highest BCUT2D eigenvalue weighted by molar-refractivity contribution is 7.89. The van der Waals surface area contributed by atoms with Crippen LogP contribution in [-0.4, -0.2) is 38.0 Å². The van der Waals surface area contributed by atoms with Crippen LogP contribution in [0.4, 0.5) is 4.79 Å². The molecule has 1 rings (SSSR count). The number of carbonyl (C=O) groups is 1. The van der Waals surface area contributed by atoms with E-state index in [0.717, 1.165) is 4.31 Å². The quantitative estimate of drug-likeness (QED) is 0.832. The molecule has 0 spiro atoms. The number of nitrogens with one attached hydrogen (secondary N) is 1. The number of nitrogens with zero attached hydrogens (tertiary/aromatic N) is 1. The maximum absolute atomic E-state index is 11.7. The normalized spacial score (nSPS) is 11.5. The molecule has 0 saturated carbocycles. The molecule has 0 aliphatic carbocycles. The zero-order valence-electron chi connectivity index (χ0n) is 9.54. The lowest BCUT2D eigenvalue weighted by molar-refractivity contribution is 0.194. The Kier molecular flexibility index (Phi) is 4.08. The number of sulfonamides is 1. The summed E-state index contributed by atoms with van der Waals surface area (Å²) >= 11 is 0. The molecule has 7 heteroatoms. The van der Waals surface area contributed by atoms with Gasteiger partial charge >= 0.3 is 6.09 Å². The maximum atomic E-state index is 11.7. The number of hydrogen-bond acceptors (Lipinski definition) is 3. The van der Waals surface area contributed by atoms with Crippen LogP contribution in [0.5, 0.6) is 0 Å². The van der Waals surface area contributed by atoms with Gasteiger partial charge in [-0.25, -0.2) is 17.5 Å². The average molecular weight is 258 g/mol. The van der Waals surface area contributed by atoms with E-state index in [9.17, 15) is 13.2 Å². The van der Waals surface area contributed by atoms with Crippen LogP contribution in [0.2, 0.25) is 0 Å². The summed E-state index contributed by atoms with van der Waals surface area (Å²) in [6.45, 7) is 0.150. The summed E-state index contributed by atoms with van der Waals surface area (Å²) < 4.78 is 24.6. The molecule has 2 N–H and O–H groups in total. The number of carboxylic acid groups (broad SMARTS) is 1. The van der Waals surface area contributed by atoms with Gasteiger partial charge in [-0.05, 0) is 17.7 Å². The Balaban J connectivity index is 2.85. The first-order valence-corrected chi connectivity index (χ1v) is 6.26. The number of amides is 1. The summed E-state index contributed by atoms with van der Waals surface area (Å²) in [5, 5.41) is 10.6. The van der Waals surface area contributed by atoms with Crippen LogP contribution in [0, 0.1) is 0 Å². The van der Waals surface area contributed by atoms with Gasteiger partial charge < -0.3 is 10.4 Å². The van der Waals surface area contributed by atoms with E-state index in [1.165, 1.54) is 26.2 Å². The Labute approximate surface area is 99.9 Å². The molecule has 0 bridgehead atoms. The van der Waals surface area contributed by atoms with Gasteiger partial charge in [-0.1, -0.05) is 12.1 Å². The van der Waals surface area contributed by atoms with Gasteiger partial charge in [0, 0.05) is 20.6 Å². The van der Waals surface area contributed by atoms with Gasteiger partial charge in [0.25, 0.3) is 0 Å². The van der Waals surface area contributed by atoms with Crippen molar-refractivity contribution in [3.05, 3.63) is 29.8 Å². The van der Waals surface area contributed by atoms with Gasteiger partial charge in [-0.2, -0.15) is 0 Å². The highest BCUT2D eigenvalue weighted by Gasteiger charge is 2.16. The second-order valence-corrected chi connectivity index (χ2v) is 5.74. The molecule has 0 atom stereocenters. The second-order valence-electron chi connectivity index (χ2n) is 3.59. The highest BCUT2D eigenvalue weighted by atomic mass is 32.2. The summed E-state index contributed by atoms with van der Waals surface area (Å²) in [5.74, 6) is 0. The molecule has 0 unspecified atom stereocenters. The van der Waals surface area contributed by atoms with Crippen molar-refractivity contribution in [1.82, 2.24) is 9.62 Å². The minimum atomic E-state index is -3.43.